The van der Waals surface area contributed by atoms with Crippen molar-refractivity contribution >= 4 is 23.4 Å². The third-order valence-electron chi connectivity index (χ3n) is 3.92. The molecule has 27 heavy (non-hydrogen) atoms. The van der Waals surface area contributed by atoms with Crippen LogP contribution in [0.4, 0.5) is 16.2 Å². The molecule has 0 saturated heterocycles. The highest BCUT2D eigenvalue weighted by molar-refractivity contribution is 5.93. The van der Waals surface area contributed by atoms with Crippen LogP contribution >= 0.6 is 0 Å². The van der Waals surface area contributed by atoms with Crippen LogP contribution in [0.2, 0.25) is 0 Å². The molecular weight excluding hydrogens is 344 g/mol. The number of hydrogen-bond donors (Lipinski definition) is 2. The minimum atomic E-state index is -0.534. The lowest BCUT2D eigenvalue weighted by Gasteiger charge is -2.16. The van der Waals surface area contributed by atoms with Crippen LogP contribution in [0.5, 0.6) is 5.75 Å². The van der Waals surface area contributed by atoms with Gasteiger partial charge in [0.1, 0.15) is 5.75 Å². The van der Waals surface area contributed by atoms with Gasteiger partial charge in [-0.25, -0.2) is 4.79 Å². The summed E-state index contributed by atoms with van der Waals surface area (Å²) in [4.78, 5) is 23.8. The molecule has 0 spiro atoms. The molecule has 2 rings (SSSR count). The molecule has 0 aliphatic heterocycles. The van der Waals surface area contributed by atoms with Gasteiger partial charge in [0.15, 0.2) is 6.61 Å². The molecule has 144 valence electrons. The van der Waals surface area contributed by atoms with E-state index < -0.39 is 6.09 Å². The fourth-order valence-corrected chi connectivity index (χ4v) is 2.62. The molecule has 0 atom stereocenters. The smallest absolute Gasteiger partial charge is 0.411 e. The van der Waals surface area contributed by atoms with Crippen LogP contribution in [-0.2, 0) is 9.53 Å². The van der Waals surface area contributed by atoms with Gasteiger partial charge in [-0.15, -0.1) is 0 Å². The van der Waals surface area contributed by atoms with Gasteiger partial charge >= 0.3 is 6.09 Å². The van der Waals surface area contributed by atoms with Crippen molar-refractivity contribution in [1.29, 1.82) is 0 Å². The molecule has 0 bridgehead atoms. The molecule has 0 saturated carbocycles. The molecule has 0 unspecified atom stereocenters. The van der Waals surface area contributed by atoms with E-state index in [1.807, 2.05) is 25.1 Å². The van der Waals surface area contributed by atoms with Gasteiger partial charge in [0.25, 0.3) is 5.91 Å². The number of amides is 2. The summed E-state index contributed by atoms with van der Waals surface area (Å²) in [6.45, 7) is 8.03. The van der Waals surface area contributed by atoms with Crippen LogP contribution in [0.1, 0.15) is 37.8 Å². The van der Waals surface area contributed by atoms with Crippen LogP contribution < -0.4 is 15.4 Å². The van der Waals surface area contributed by atoms with Gasteiger partial charge in [-0.1, -0.05) is 38.1 Å². The molecule has 2 amide bonds. The Hall–Kier alpha value is -3.02. The van der Waals surface area contributed by atoms with Gasteiger partial charge in [-0.05, 0) is 43.0 Å². The summed E-state index contributed by atoms with van der Waals surface area (Å²) in [5.41, 5.74) is 3.46. The van der Waals surface area contributed by atoms with Gasteiger partial charge in [0.05, 0.1) is 6.61 Å². The maximum absolute atomic E-state index is 12.3. The van der Waals surface area contributed by atoms with E-state index in [0.29, 0.717) is 24.0 Å². The van der Waals surface area contributed by atoms with Gasteiger partial charge in [-0.2, -0.15) is 0 Å². The fraction of sp³-hybridized carbons (Fsp3) is 0.333. The summed E-state index contributed by atoms with van der Waals surface area (Å²) in [6, 6.07) is 12.8. The first-order chi connectivity index (χ1) is 12.9. The van der Waals surface area contributed by atoms with Crippen LogP contribution in [0.25, 0.3) is 0 Å². The van der Waals surface area contributed by atoms with Crippen molar-refractivity contribution in [3.05, 3.63) is 53.6 Å². The van der Waals surface area contributed by atoms with Crippen molar-refractivity contribution < 1.29 is 19.1 Å². The Labute approximate surface area is 159 Å². The second kappa shape index (κ2) is 9.62. The lowest BCUT2D eigenvalue weighted by Crippen LogP contribution is -2.21. The molecule has 2 aromatic rings. The monoisotopic (exact) mass is 370 g/mol. The van der Waals surface area contributed by atoms with Gasteiger partial charge in [-0.3, -0.25) is 10.1 Å². The summed E-state index contributed by atoms with van der Waals surface area (Å²) >= 11 is 0. The largest absolute Gasteiger partial charge is 0.484 e. The zero-order chi connectivity index (χ0) is 19.8. The quantitative estimate of drug-likeness (QED) is 0.740. The molecule has 2 N–H and O–H groups in total. The number of carbonyl (C=O) groups excluding carboxylic acids is 2. The molecule has 0 heterocycles. The van der Waals surface area contributed by atoms with Crippen molar-refractivity contribution in [1.82, 2.24) is 0 Å². The Morgan fingerprint density at radius 3 is 2.52 bits per heavy atom. The Bertz CT molecular complexity index is 803. The molecule has 6 heteroatoms. The zero-order valence-corrected chi connectivity index (χ0v) is 16.2. The first kappa shape index (κ1) is 20.3. The number of anilines is 2. The van der Waals surface area contributed by atoms with Gasteiger partial charge in [0, 0.05) is 17.4 Å². The molecule has 6 nitrogen and oxygen atoms in total. The first-order valence-corrected chi connectivity index (χ1v) is 8.96. The van der Waals surface area contributed by atoms with E-state index in [4.69, 9.17) is 9.47 Å². The molecule has 0 fully saturated rings. The number of aryl methyl sites for hydroxylation is 1. The Morgan fingerprint density at radius 2 is 1.81 bits per heavy atom. The number of nitrogens with one attached hydrogen (secondary N) is 2. The highest BCUT2D eigenvalue weighted by Gasteiger charge is 2.12. The van der Waals surface area contributed by atoms with E-state index in [-0.39, 0.29) is 12.5 Å². The minimum Gasteiger partial charge on any atom is -0.484 e. The Kier molecular flexibility index (Phi) is 7.23. The van der Waals surface area contributed by atoms with E-state index in [0.717, 1.165) is 16.8 Å². The van der Waals surface area contributed by atoms with Crippen molar-refractivity contribution in [3.8, 4) is 5.75 Å². The number of carbonyl (C=O) groups is 2. The van der Waals surface area contributed by atoms with Gasteiger partial charge < -0.3 is 14.8 Å². The molecule has 2 aromatic carbocycles. The molecule has 0 aliphatic carbocycles. The standard InChI is InChI=1S/C21H26N2O4/c1-5-26-21(25)22-16-9-7-10-17(12-16)27-13-19(24)23-20-15(4)8-6-11-18(20)14(2)3/h6-12,14H,5,13H2,1-4H3,(H,22,25)(H,23,24). The van der Waals surface area contributed by atoms with Crippen LogP contribution in [0.15, 0.2) is 42.5 Å². The van der Waals surface area contributed by atoms with Crippen LogP contribution in [-0.4, -0.2) is 25.2 Å². The number of benzene rings is 2. The van der Waals surface area contributed by atoms with E-state index >= 15 is 0 Å². The van der Waals surface area contributed by atoms with Crippen molar-refractivity contribution in [2.75, 3.05) is 23.8 Å². The maximum Gasteiger partial charge on any atom is 0.411 e. The third-order valence-corrected chi connectivity index (χ3v) is 3.92. The summed E-state index contributed by atoms with van der Waals surface area (Å²) in [7, 11) is 0. The second-order valence-corrected chi connectivity index (χ2v) is 6.40. The predicted molar refractivity (Wildman–Crippen MR) is 106 cm³/mol. The summed E-state index contributed by atoms with van der Waals surface area (Å²) in [6.07, 6.45) is -0.534. The molecule has 0 aromatic heterocycles. The summed E-state index contributed by atoms with van der Waals surface area (Å²) in [5.74, 6) is 0.537. The highest BCUT2D eigenvalue weighted by Crippen LogP contribution is 2.27. The molecule has 0 radical (unpaired) electrons. The Balaban J connectivity index is 1.98. The predicted octanol–water partition coefficient (Wildman–Crippen LogP) is 4.70. The van der Waals surface area contributed by atoms with Gasteiger partial charge in [0.2, 0.25) is 0 Å². The average molecular weight is 370 g/mol. The second-order valence-electron chi connectivity index (χ2n) is 6.40. The Morgan fingerprint density at radius 1 is 1.07 bits per heavy atom. The summed E-state index contributed by atoms with van der Waals surface area (Å²) < 4.78 is 10.4. The topological polar surface area (TPSA) is 76.7 Å². The van der Waals surface area contributed by atoms with E-state index in [1.165, 1.54) is 0 Å². The highest BCUT2D eigenvalue weighted by atomic mass is 16.5. The number of rotatable bonds is 7. The molecular formula is C21H26N2O4. The van der Waals surface area contributed by atoms with E-state index in [1.54, 1.807) is 31.2 Å². The van der Waals surface area contributed by atoms with E-state index in [2.05, 4.69) is 24.5 Å². The lowest BCUT2D eigenvalue weighted by molar-refractivity contribution is -0.118. The third kappa shape index (κ3) is 6.02. The van der Waals surface area contributed by atoms with Crippen molar-refractivity contribution in [3.63, 3.8) is 0 Å². The number of ether oxygens (including phenoxy) is 2. The summed E-state index contributed by atoms with van der Waals surface area (Å²) in [5, 5.41) is 5.54. The SMILES string of the molecule is CCOC(=O)Nc1cccc(OCC(=O)Nc2c(C)cccc2C(C)C)c1. The minimum absolute atomic E-state index is 0.130. The normalized spacial score (nSPS) is 10.4. The van der Waals surface area contributed by atoms with Crippen LogP contribution in [0, 0.1) is 6.92 Å². The maximum atomic E-state index is 12.3. The van der Waals surface area contributed by atoms with Crippen molar-refractivity contribution in [2.45, 2.75) is 33.6 Å². The average Bonchev–Trinajstić information content (AvgIpc) is 2.62. The zero-order valence-electron chi connectivity index (χ0n) is 16.2. The first-order valence-electron chi connectivity index (χ1n) is 8.96. The van der Waals surface area contributed by atoms with Crippen molar-refractivity contribution in [2.24, 2.45) is 0 Å². The lowest BCUT2D eigenvalue weighted by atomic mass is 9.98. The van der Waals surface area contributed by atoms with Crippen LogP contribution in [0.3, 0.4) is 0 Å². The number of para-hydroxylation sites is 1. The number of hydrogen-bond acceptors (Lipinski definition) is 4. The fourth-order valence-electron chi connectivity index (χ4n) is 2.62. The molecule has 0 aliphatic rings. The van der Waals surface area contributed by atoms with E-state index in [9.17, 15) is 9.59 Å².